The van der Waals surface area contributed by atoms with E-state index in [-0.39, 0.29) is 6.61 Å². The van der Waals surface area contributed by atoms with Crippen molar-refractivity contribution in [1.29, 1.82) is 0 Å². The van der Waals surface area contributed by atoms with E-state index in [1.807, 2.05) is 6.92 Å². The first-order valence-corrected chi connectivity index (χ1v) is 8.16. The molecule has 7 heteroatoms. The van der Waals surface area contributed by atoms with Crippen LogP contribution in [0.4, 0.5) is 0 Å². The molecule has 0 spiro atoms. The summed E-state index contributed by atoms with van der Waals surface area (Å²) in [6.45, 7) is 2.45. The van der Waals surface area contributed by atoms with Gasteiger partial charge in [-0.15, -0.1) is 0 Å². The van der Waals surface area contributed by atoms with Crippen molar-refractivity contribution >= 4 is 23.4 Å². The second-order valence-corrected chi connectivity index (χ2v) is 5.55. The highest BCUT2D eigenvalue weighted by Gasteiger charge is 2.08. The fourth-order valence-electron chi connectivity index (χ4n) is 1.84. The summed E-state index contributed by atoms with van der Waals surface area (Å²) in [5, 5.41) is 0.528. The number of amides is 2. The summed E-state index contributed by atoms with van der Waals surface area (Å²) >= 11 is 5.75. The second kappa shape index (κ2) is 9.54. The standard InChI is InChI=1S/C18H19ClN2O4/c1-2-11-24-15-7-9-16(10-8-15)25-12-17(22)20-21-18(23)13-3-5-14(19)6-4-13/h3-10H,2,11-12H2,1H3,(H,20,22)(H,21,23). The SMILES string of the molecule is CCCOc1ccc(OCC(=O)NNC(=O)c2ccc(Cl)cc2)cc1. The molecule has 0 aliphatic carbocycles. The summed E-state index contributed by atoms with van der Waals surface area (Å²) < 4.78 is 10.8. The first-order chi connectivity index (χ1) is 12.1. The van der Waals surface area contributed by atoms with E-state index >= 15 is 0 Å². The van der Waals surface area contributed by atoms with Crippen molar-refractivity contribution in [1.82, 2.24) is 10.9 Å². The molecule has 0 radical (unpaired) electrons. The van der Waals surface area contributed by atoms with Crippen LogP contribution in [0.15, 0.2) is 48.5 Å². The topological polar surface area (TPSA) is 76.7 Å². The molecule has 2 aromatic carbocycles. The lowest BCUT2D eigenvalue weighted by molar-refractivity contribution is -0.123. The summed E-state index contributed by atoms with van der Waals surface area (Å²) in [5.74, 6) is 0.355. The van der Waals surface area contributed by atoms with E-state index in [4.69, 9.17) is 21.1 Å². The Labute approximate surface area is 151 Å². The average Bonchev–Trinajstić information content (AvgIpc) is 2.64. The van der Waals surface area contributed by atoms with Gasteiger partial charge in [0.05, 0.1) is 6.61 Å². The second-order valence-electron chi connectivity index (χ2n) is 5.12. The number of hydrogen-bond donors (Lipinski definition) is 2. The molecule has 0 fully saturated rings. The van der Waals surface area contributed by atoms with Crippen molar-refractivity contribution in [3.63, 3.8) is 0 Å². The van der Waals surface area contributed by atoms with Gasteiger partial charge in [-0.3, -0.25) is 20.4 Å². The Morgan fingerprint density at radius 2 is 1.52 bits per heavy atom. The summed E-state index contributed by atoms with van der Waals surface area (Å²) in [5.41, 5.74) is 4.97. The largest absolute Gasteiger partial charge is 0.494 e. The Bertz CT molecular complexity index is 702. The zero-order valence-corrected chi connectivity index (χ0v) is 14.5. The van der Waals surface area contributed by atoms with Crippen molar-refractivity contribution < 1.29 is 19.1 Å². The molecule has 0 aliphatic rings. The molecule has 0 bridgehead atoms. The monoisotopic (exact) mass is 362 g/mol. The smallest absolute Gasteiger partial charge is 0.276 e. The van der Waals surface area contributed by atoms with Crippen molar-refractivity contribution in [3.05, 3.63) is 59.1 Å². The van der Waals surface area contributed by atoms with Crippen LogP contribution in [0.3, 0.4) is 0 Å². The molecule has 2 rings (SSSR count). The Kier molecular flexibility index (Phi) is 7.10. The number of nitrogens with one attached hydrogen (secondary N) is 2. The molecular weight excluding hydrogens is 344 g/mol. The molecule has 0 unspecified atom stereocenters. The van der Waals surface area contributed by atoms with Gasteiger partial charge in [0, 0.05) is 10.6 Å². The number of carbonyl (C=O) groups excluding carboxylic acids is 2. The van der Waals surface area contributed by atoms with Crippen LogP contribution in [0, 0.1) is 0 Å². The summed E-state index contributed by atoms with van der Waals surface area (Å²) in [7, 11) is 0. The average molecular weight is 363 g/mol. The van der Waals surface area contributed by atoms with Crippen molar-refractivity contribution in [2.24, 2.45) is 0 Å². The fraction of sp³-hybridized carbons (Fsp3) is 0.222. The maximum atomic E-state index is 11.8. The highest BCUT2D eigenvalue weighted by atomic mass is 35.5. The molecule has 2 aromatic rings. The van der Waals surface area contributed by atoms with Gasteiger partial charge in [-0.1, -0.05) is 18.5 Å². The molecule has 6 nitrogen and oxygen atoms in total. The van der Waals surface area contributed by atoms with Crippen LogP contribution in [0.5, 0.6) is 11.5 Å². The van der Waals surface area contributed by atoms with Gasteiger partial charge in [-0.25, -0.2) is 0 Å². The lowest BCUT2D eigenvalue weighted by Crippen LogP contribution is -2.43. The normalized spacial score (nSPS) is 10.0. The highest BCUT2D eigenvalue weighted by Crippen LogP contribution is 2.17. The molecular formula is C18H19ClN2O4. The number of hydrogen-bond acceptors (Lipinski definition) is 4. The number of benzene rings is 2. The van der Waals surface area contributed by atoms with Gasteiger partial charge >= 0.3 is 0 Å². The van der Waals surface area contributed by atoms with E-state index in [9.17, 15) is 9.59 Å². The number of hydrazine groups is 1. The van der Waals surface area contributed by atoms with Crippen molar-refractivity contribution in [2.75, 3.05) is 13.2 Å². The van der Waals surface area contributed by atoms with Gasteiger partial charge in [0.25, 0.3) is 11.8 Å². The number of ether oxygens (including phenoxy) is 2. The zero-order valence-electron chi connectivity index (χ0n) is 13.8. The minimum absolute atomic E-state index is 0.226. The third-order valence-corrected chi connectivity index (χ3v) is 3.34. The van der Waals surface area contributed by atoms with E-state index in [1.54, 1.807) is 48.5 Å². The van der Waals surface area contributed by atoms with Crippen molar-refractivity contribution in [3.8, 4) is 11.5 Å². The number of carbonyl (C=O) groups is 2. The van der Waals surface area contributed by atoms with E-state index in [0.717, 1.165) is 12.2 Å². The molecule has 0 saturated carbocycles. The highest BCUT2D eigenvalue weighted by molar-refractivity contribution is 6.30. The first kappa shape index (κ1) is 18.6. The van der Waals surface area contributed by atoms with E-state index < -0.39 is 11.8 Å². The lowest BCUT2D eigenvalue weighted by Gasteiger charge is -2.09. The summed E-state index contributed by atoms with van der Waals surface area (Å²) in [6, 6.07) is 13.3. The fourth-order valence-corrected chi connectivity index (χ4v) is 1.96. The van der Waals surface area contributed by atoms with E-state index in [1.165, 1.54) is 0 Å². The number of halogens is 1. The zero-order chi connectivity index (χ0) is 18.1. The van der Waals surface area contributed by atoms with Crippen LogP contribution in [-0.4, -0.2) is 25.0 Å². The van der Waals surface area contributed by atoms with Crippen molar-refractivity contribution in [2.45, 2.75) is 13.3 Å². The molecule has 2 N–H and O–H groups in total. The van der Waals surface area contributed by atoms with Crippen LogP contribution >= 0.6 is 11.6 Å². The van der Waals surface area contributed by atoms with E-state index in [2.05, 4.69) is 10.9 Å². The Morgan fingerprint density at radius 3 is 2.12 bits per heavy atom. The molecule has 0 atom stereocenters. The van der Waals surface area contributed by atoms with Gasteiger partial charge < -0.3 is 9.47 Å². The van der Waals surface area contributed by atoms with Gasteiger partial charge in [-0.2, -0.15) is 0 Å². The predicted octanol–water partition coefficient (Wildman–Crippen LogP) is 2.97. The Hall–Kier alpha value is -2.73. The van der Waals surface area contributed by atoms with Gasteiger partial charge in [0.2, 0.25) is 0 Å². The Balaban J connectivity index is 1.73. The lowest BCUT2D eigenvalue weighted by atomic mass is 10.2. The molecule has 2 amide bonds. The number of rotatable bonds is 7. The van der Waals surface area contributed by atoms with Crippen LogP contribution in [0.25, 0.3) is 0 Å². The predicted molar refractivity (Wildman–Crippen MR) is 94.8 cm³/mol. The summed E-state index contributed by atoms with van der Waals surface area (Å²) in [6.07, 6.45) is 0.931. The molecule has 132 valence electrons. The molecule has 0 saturated heterocycles. The minimum atomic E-state index is -0.478. The Morgan fingerprint density at radius 1 is 0.920 bits per heavy atom. The minimum Gasteiger partial charge on any atom is -0.494 e. The van der Waals surface area contributed by atoms with Gasteiger partial charge in [-0.05, 0) is 55.0 Å². The quantitative estimate of drug-likeness (QED) is 0.742. The van der Waals surface area contributed by atoms with Crippen LogP contribution in [0.1, 0.15) is 23.7 Å². The van der Waals surface area contributed by atoms with Crippen LogP contribution in [0.2, 0.25) is 5.02 Å². The molecule has 25 heavy (non-hydrogen) atoms. The first-order valence-electron chi connectivity index (χ1n) is 7.79. The maximum Gasteiger partial charge on any atom is 0.276 e. The molecule has 0 aromatic heterocycles. The van der Waals surface area contributed by atoms with Gasteiger partial charge in [0.1, 0.15) is 11.5 Å². The van der Waals surface area contributed by atoms with Gasteiger partial charge in [0.15, 0.2) is 6.61 Å². The summed E-state index contributed by atoms with van der Waals surface area (Å²) in [4.78, 5) is 23.6. The third kappa shape index (κ3) is 6.35. The molecule has 0 aliphatic heterocycles. The molecule has 0 heterocycles. The van der Waals surface area contributed by atoms with Crippen LogP contribution in [-0.2, 0) is 4.79 Å². The third-order valence-electron chi connectivity index (χ3n) is 3.09. The van der Waals surface area contributed by atoms with Crippen LogP contribution < -0.4 is 20.3 Å². The maximum absolute atomic E-state index is 11.8. The van der Waals surface area contributed by atoms with E-state index in [0.29, 0.717) is 22.9 Å².